The van der Waals surface area contributed by atoms with Gasteiger partial charge in [0.25, 0.3) is 5.91 Å². The molecule has 5 nitrogen and oxygen atoms in total. The lowest BCUT2D eigenvalue weighted by Gasteiger charge is -2.08. The van der Waals surface area contributed by atoms with Crippen molar-refractivity contribution in [3.8, 4) is 5.75 Å². The summed E-state index contributed by atoms with van der Waals surface area (Å²) in [7, 11) is 1.58. The lowest BCUT2D eigenvalue weighted by Crippen LogP contribution is -2.12. The highest BCUT2D eigenvalue weighted by molar-refractivity contribution is 9.10. The molecular formula is C15H12BrN3O2. The van der Waals surface area contributed by atoms with Crippen LogP contribution < -0.4 is 10.1 Å². The zero-order chi connectivity index (χ0) is 14.8. The van der Waals surface area contributed by atoms with Crippen LogP contribution in [-0.2, 0) is 0 Å². The Bertz CT molecular complexity index is 814. The van der Waals surface area contributed by atoms with Gasteiger partial charge in [-0.25, -0.2) is 0 Å². The standard InChI is InChI=1S/C15H12BrN3O2/c1-21-14-6-5-9(7-11(14)16)15(20)18-12-3-2-4-13-10(12)8-17-19-13/h2-8H,1H3,(H,17,19)(H,18,20). The van der Waals surface area contributed by atoms with Gasteiger partial charge >= 0.3 is 0 Å². The summed E-state index contributed by atoms with van der Waals surface area (Å²) in [4.78, 5) is 12.3. The van der Waals surface area contributed by atoms with Crippen molar-refractivity contribution < 1.29 is 9.53 Å². The number of anilines is 1. The largest absolute Gasteiger partial charge is 0.496 e. The first-order chi connectivity index (χ1) is 10.2. The number of hydrogen-bond acceptors (Lipinski definition) is 3. The quantitative estimate of drug-likeness (QED) is 0.762. The highest BCUT2D eigenvalue weighted by atomic mass is 79.9. The second-order valence-electron chi connectivity index (χ2n) is 4.44. The minimum Gasteiger partial charge on any atom is -0.496 e. The number of aromatic nitrogens is 2. The molecule has 0 aliphatic heterocycles. The van der Waals surface area contributed by atoms with Crippen molar-refractivity contribution >= 4 is 38.4 Å². The third-order valence-electron chi connectivity index (χ3n) is 3.15. The van der Waals surface area contributed by atoms with Crippen molar-refractivity contribution in [1.29, 1.82) is 0 Å². The summed E-state index contributed by atoms with van der Waals surface area (Å²) in [5, 5.41) is 10.6. The van der Waals surface area contributed by atoms with Gasteiger partial charge in [-0.2, -0.15) is 5.10 Å². The van der Waals surface area contributed by atoms with Crippen molar-refractivity contribution in [2.24, 2.45) is 0 Å². The third-order valence-corrected chi connectivity index (χ3v) is 3.77. The summed E-state index contributed by atoms with van der Waals surface area (Å²) in [5.41, 5.74) is 2.14. The number of nitrogens with zero attached hydrogens (tertiary/aromatic N) is 1. The van der Waals surface area contributed by atoms with Gasteiger partial charge in [-0.3, -0.25) is 9.89 Å². The number of methoxy groups -OCH3 is 1. The van der Waals surface area contributed by atoms with Gasteiger partial charge in [-0.05, 0) is 46.3 Å². The molecule has 0 unspecified atom stereocenters. The second kappa shape index (κ2) is 5.57. The van der Waals surface area contributed by atoms with Crippen molar-refractivity contribution in [3.05, 3.63) is 52.6 Å². The van der Waals surface area contributed by atoms with Crippen molar-refractivity contribution in [2.45, 2.75) is 0 Å². The number of aromatic amines is 1. The number of amides is 1. The Balaban J connectivity index is 1.89. The molecule has 1 heterocycles. The maximum Gasteiger partial charge on any atom is 0.255 e. The number of halogens is 1. The molecule has 3 aromatic rings. The molecule has 3 rings (SSSR count). The fraction of sp³-hybridized carbons (Fsp3) is 0.0667. The van der Waals surface area contributed by atoms with Crippen LogP contribution in [0.15, 0.2) is 47.1 Å². The molecule has 0 saturated heterocycles. The number of carbonyl (C=O) groups is 1. The number of carbonyl (C=O) groups excluding carboxylic acids is 1. The lowest BCUT2D eigenvalue weighted by atomic mass is 10.1. The predicted molar refractivity (Wildman–Crippen MR) is 84.7 cm³/mol. The van der Waals surface area contributed by atoms with Gasteiger partial charge in [0.15, 0.2) is 0 Å². The Morgan fingerprint density at radius 2 is 2.19 bits per heavy atom. The molecule has 2 aromatic carbocycles. The molecule has 0 atom stereocenters. The van der Waals surface area contributed by atoms with Crippen LogP contribution in [0.2, 0.25) is 0 Å². The van der Waals surface area contributed by atoms with Gasteiger partial charge in [-0.1, -0.05) is 6.07 Å². The SMILES string of the molecule is COc1ccc(C(=O)Nc2cccc3[nH]ncc23)cc1Br. The van der Waals surface area contributed by atoms with E-state index < -0.39 is 0 Å². The van der Waals surface area contributed by atoms with E-state index >= 15 is 0 Å². The highest BCUT2D eigenvalue weighted by Crippen LogP contribution is 2.26. The summed E-state index contributed by atoms with van der Waals surface area (Å²) in [6.07, 6.45) is 1.69. The average molecular weight is 346 g/mol. The van der Waals surface area contributed by atoms with E-state index in [1.807, 2.05) is 18.2 Å². The monoisotopic (exact) mass is 345 g/mol. The molecule has 1 amide bonds. The zero-order valence-corrected chi connectivity index (χ0v) is 12.8. The first-order valence-electron chi connectivity index (χ1n) is 6.26. The number of rotatable bonds is 3. The average Bonchev–Trinajstić information content (AvgIpc) is 2.96. The van der Waals surface area contributed by atoms with Crippen molar-refractivity contribution in [3.63, 3.8) is 0 Å². The van der Waals surface area contributed by atoms with E-state index in [4.69, 9.17) is 4.74 Å². The second-order valence-corrected chi connectivity index (χ2v) is 5.29. The summed E-state index contributed by atoms with van der Waals surface area (Å²) in [5.74, 6) is 0.496. The molecule has 0 radical (unpaired) electrons. The first-order valence-corrected chi connectivity index (χ1v) is 7.05. The minimum atomic E-state index is -0.188. The summed E-state index contributed by atoms with van der Waals surface area (Å²) < 4.78 is 5.89. The van der Waals surface area contributed by atoms with E-state index in [2.05, 4.69) is 31.4 Å². The molecule has 0 fully saturated rings. The van der Waals surface area contributed by atoms with Gasteiger partial charge in [-0.15, -0.1) is 0 Å². The molecule has 0 bridgehead atoms. The zero-order valence-electron chi connectivity index (χ0n) is 11.2. The fourth-order valence-electron chi connectivity index (χ4n) is 2.08. The van der Waals surface area contributed by atoms with E-state index in [1.165, 1.54) is 0 Å². The van der Waals surface area contributed by atoms with Gasteiger partial charge < -0.3 is 10.1 Å². The van der Waals surface area contributed by atoms with Gasteiger partial charge in [0, 0.05) is 10.9 Å². The van der Waals surface area contributed by atoms with Crippen LogP contribution in [0.25, 0.3) is 10.9 Å². The Kier molecular flexibility index (Phi) is 3.62. The molecule has 0 aliphatic rings. The molecule has 0 aliphatic carbocycles. The van der Waals surface area contributed by atoms with Gasteiger partial charge in [0.05, 0.1) is 29.0 Å². The van der Waals surface area contributed by atoms with Crippen LogP contribution in [0.3, 0.4) is 0 Å². The fourth-order valence-corrected chi connectivity index (χ4v) is 2.62. The number of H-pyrrole nitrogens is 1. The lowest BCUT2D eigenvalue weighted by molar-refractivity contribution is 0.102. The summed E-state index contributed by atoms with van der Waals surface area (Å²) in [6, 6.07) is 10.8. The van der Waals surface area contributed by atoms with E-state index in [0.717, 1.165) is 21.1 Å². The third kappa shape index (κ3) is 2.62. The van der Waals surface area contributed by atoms with E-state index in [0.29, 0.717) is 11.3 Å². The number of fused-ring (bicyclic) bond motifs is 1. The number of hydrogen-bond donors (Lipinski definition) is 2. The predicted octanol–water partition coefficient (Wildman–Crippen LogP) is 3.59. The highest BCUT2D eigenvalue weighted by Gasteiger charge is 2.11. The van der Waals surface area contributed by atoms with Crippen LogP contribution in [0, 0.1) is 0 Å². The van der Waals surface area contributed by atoms with Crippen molar-refractivity contribution in [1.82, 2.24) is 10.2 Å². The normalized spacial score (nSPS) is 10.6. The van der Waals surface area contributed by atoms with Gasteiger partial charge in [0.1, 0.15) is 5.75 Å². The summed E-state index contributed by atoms with van der Waals surface area (Å²) in [6.45, 7) is 0. The molecule has 0 saturated carbocycles. The van der Waals surface area contributed by atoms with E-state index in [1.54, 1.807) is 31.5 Å². The van der Waals surface area contributed by atoms with Crippen molar-refractivity contribution in [2.75, 3.05) is 12.4 Å². The Morgan fingerprint density at radius 3 is 2.95 bits per heavy atom. The summed E-state index contributed by atoms with van der Waals surface area (Å²) >= 11 is 3.37. The number of nitrogens with one attached hydrogen (secondary N) is 2. The van der Waals surface area contributed by atoms with Crippen LogP contribution in [-0.4, -0.2) is 23.2 Å². The molecule has 2 N–H and O–H groups in total. The van der Waals surface area contributed by atoms with Crippen LogP contribution in [0.4, 0.5) is 5.69 Å². The first kappa shape index (κ1) is 13.6. The maximum atomic E-state index is 12.3. The number of ether oxygens (including phenoxy) is 1. The Morgan fingerprint density at radius 1 is 1.33 bits per heavy atom. The van der Waals surface area contributed by atoms with E-state index in [9.17, 15) is 4.79 Å². The molecule has 106 valence electrons. The van der Waals surface area contributed by atoms with Crippen LogP contribution >= 0.6 is 15.9 Å². The van der Waals surface area contributed by atoms with Crippen LogP contribution in [0.1, 0.15) is 10.4 Å². The molecule has 0 spiro atoms. The maximum absolute atomic E-state index is 12.3. The molecule has 1 aromatic heterocycles. The van der Waals surface area contributed by atoms with Crippen LogP contribution in [0.5, 0.6) is 5.75 Å². The Hall–Kier alpha value is -2.34. The number of benzene rings is 2. The van der Waals surface area contributed by atoms with E-state index in [-0.39, 0.29) is 5.91 Å². The molecule has 6 heteroatoms. The van der Waals surface area contributed by atoms with Gasteiger partial charge in [0.2, 0.25) is 0 Å². The Labute approximate surface area is 129 Å². The topological polar surface area (TPSA) is 67.0 Å². The molecule has 21 heavy (non-hydrogen) atoms. The smallest absolute Gasteiger partial charge is 0.255 e. The minimum absolute atomic E-state index is 0.188. The molecular weight excluding hydrogens is 334 g/mol.